The van der Waals surface area contributed by atoms with Crippen molar-refractivity contribution in [3.05, 3.63) is 59.7 Å². The predicted molar refractivity (Wildman–Crippen MR) is 166 cm³/mol. The van der Waals surface area contributed by atoms with Crippen molar-refractivity contribution >= 4 is 39.9 Å². The van der Waals surface area contributed by atoms with E-state index < -0.39 is 17.7 Å². The van der Waals surface area contributed by atoms with Crippen LogP contribution in [-0.2, 0) is 44.1 Å². The average molecular weight is 744 g/mol. The summed E-state index contributed by atoms with van der Waals surface area (Å²) < 4.78 is 83.1. The number of esters is 1. The lowest BCUT2D eigenvalue weighted by Gasteiger charge is -2.13. The van der Waals surface area contributed by atoms with Crippen molar-refractivity contribution in [1.82, 2.24) is 0 Å². The summed E-state index contributed by atoms with van der Waals surface area (Å²) in [6.07, 6.45) is -4.47. The van der Waals surface area contributed by atoms with E-state index in [2.05, 4.69) is 27.9 Å². The zero-order valence-corrected chi connectivity index (χ0v) is 26.8. The minimum Gasteiger partial charge on any atom is -0.460 e. The molecule has 10 nitrogen and oxygen atoms in total. The first-order valence-electron chi connectivity index (χ1n) is 14.2. The van der Waals surface area contributed by atoms with Crippen LogP contribution in [0.3, 0.4) is 0 Å². The van der Waals surface area contributed by atoms with Gasteiger partial charge in [0.25, 0.3) is 0 Å². The minimum atomic E-state index is -4.47. The molecule has 1 N–H and O–H groups in total. The molecule has 0 fully saturated rings. The van der Waals surface area contributed by atoms with Crippen LogP contribution in [0, 0.1) is 0 Å². The number of carbonyl (C=O) groups excluding carboxylic acids is 1. The highest BCUT2D eigenvalue weighted by Crippen LogP contribution is 2.32. The molecular weight excluding hydrogens is 702 g/mol. The second kappa shape index (κ2) is 24.2. The molecule has 0 saturated heterocycles. The Kier molecular flexibility index (Phi) is 21.0. The Hall–Kier alpha value is -2.05. The molecule has 2 rings (SSSR count). The van der Waals surface area contributed by atoms with Gasteiger partial charge in [-0.1, -0.05) is 40.8 Å². The van der Waals surface area contributed by atoms with Gasteiger partial charge in [-0.2, -0.15) is 13.2 Å². The molecule has 2 aromatic carbocycles. The molecule has 0 bridgehead atoms. The molecule has 0 aliphatic carbocycles. The molecule has 0 aliphatic rings. The van der Waals surface area contributed by atoms with Crippen LogP contribution in [-0.4, -0.2) is 110 Å². The molecule has 0 saturated carbocycles. The van der Waals surface area contributed by atoms with Crippen molar-refractivity contribution in [2.75, 3.05) is 109 Å². The fraction of sp³-hybridized carbons (Fsp3) is 0.567. The van der Waals surface area contributed by atoms with Gasteiger partial charge in [-0.05, 0) is 30.3 Å². The number of hydrogen-bond acceptors (Lipinski definition) is 10. The van der Waals surface area contributed by atoms with Crippen LogP contribution in [0.25, 0.3) is 0 Å². The lowest BCUT2D eigenvalue weighted by Crippen LogP contribution is -2.15. The van der Waals surface area contributed by atoms with E-state index in [1.165, 1.54) is 18.2 Å². The second-order valence-corrected chi connectivity index (χ2v) is 9.94. The monoisotopic (exact) mass is 743 g/mol. The third-order valence-electron chi connectivity index (χ3n) is 5.53. The maximum absolute atomic E-state index is 13.0. The second-order valence-electron chi connectivity index (χ2n) is 8.86. The molecule has 248 valence electrons. The van der Waals surface area contributed by atoms with Gasteiger partial charge in [0.05, 0.1) is 109 Å². The number of hydrogen-bond donors (Lipinski definition) is 1. The van der Waals surface area contributed by atoms with Gasteiger partial charge in [0.1, 0.15) is 6.61 Å². The minimum absolute atomic E-state index is 0.00694. The summed E-state index contributed by atoms with van der Waals surface area (Å²) in [7, 11) is 0. The Labute approximate surface area is 269 Å². The largest absolute Gasteiger partial charge is 0.460 e. The molecule has 0 amide bonds. The highest BCUT2D eigenvalue weighted by atomic mass is 127. The molecule has 44 heavy (non-hydrogen) atoms. The van der Waals surface area contributed by atoms with E-state index in [-0.39, 0.29) is 24.5 Å². The third kappa shape index (κ3) is 18.0. The van der Waals surface area contributed by atoms with E-state index in [1.807, 2.05) is 0 Å². The molecule has 14 heteroatoms. The van der Waals surface area contributed by atoms with Gasteiger partial charge < -0.3 is 43.2 Å². The summed E-state index contributed by atoms with van der Waals surface area (Å²) in [4.78, 5) is 12.5. The molecule has 0 radical (unpaired) electrons. The van der Waals surface area contributed by atoms with Crippen LogP contribution < -0.4 is 5.32 Å². The SMILES string of the molecule is O=C(OCCOCCOCCOCCOCCOCCOCCOCCI)c1ccccc1Nc1cccc(C(F)(F)F)c1. The van der Waals surface area contributed by atoms with Crippen molar-refractivity contribution in [3.63, 3.8) is 0 Å². The molecule has 2 aromatic rings. The van der Waals surface area contributed by atoms with Crippen LogP contribution in [0.2, 0.25) is 0 Å². The van der Waals surface area contributed by atoms with E-state index in [1.54, 1.807) is 18.2 Å². The Bertz CT molecular complexity index is 1030. The standard InChI is InChI=1S/C30H41F3INO9/c31-30(32,33)25-4-3-5-26(24-25)35-28-7-2-1-6-27(28)29(36)44-23-22-43-21-20-42-19-18-41-17-16-40-15-14-39-13-12-38-11-10-37-9-8-34/h1-7,24,35H,8-23H2. The number of anilines is 2. The number of benzene rings is 2. The maximum atomic E-state index is 13.0. The number of para-hydroxylation sites is 1. The van der Waals surface area contributed by atoms with Crippen molar-refractivity contribution in [2.24, 2.45) is 0 Å². The smallest absolute Gasteiger partial charge is 0.416 e. The summed E-state index contributed by atoms with van der Waals surface area (Å²) in [6.45, 7) is 6.49. The lowest BCUT2D eigenvalue weighted by molar-refractivity contribution is -0.137. The van der Waals surface area contributed by atoms with E-state index >= 15 is 0 Å². The Balaban J connectivity index is 1.42. The van der Waals surface area contributed by atoms with E-state index in [9.17, 15) is 18.0 Å². The fourth-order valence-electron chi connectivity index (χ4n) is 3.45. The summed E-state index contributed by atoms with van der Waals surface area (Å²) in [5, 5.41) is 2.86. The number of ether oxygens (including phenoxy) is 8. The Morgan fingerprint density at radius 3 is 1.55 bits per heavy atom. The average Bonchev–Trinajstić information content (AvgIpc) is 3.01. The number of rotatable bonds is 26. The van der Waals surface area contributed by atoms with Crippen LogP contribution in [0.1, 0.15) is 15.9 Å². The quantitative estimate of drug-likeness (QED) is 0.0603. The van der Waals surface area contributed by atoms with Crippen molar-refractivity contribution in [3.8, 4) is 0 Å². The molecule has 0 unspecified atom stereocenters. The highest BCUT2D eigenvalue weighted by Gasteiger charge is 2.30. The van der Waals surface area contributed by atoms with Crippen LogP contribution in [0.4, 0.5) is 24.5 Å². The summed E-state index contributed by atoms with van der Waals surface area (Å²) >= 11 is 2.26. The molecule has 0 heterocycles. The fourth-order valence-corrected chi connectivity index (χ4v) is 3.76. The number of carbonyl (C=O) groups is 1. The zero-order chi connectivity index (χ0) is 31.7. The first-order chi connectivity index (χ1) is 21.4. The topological polar surface area (TPSA) is 103 Å². The zero-order valence-electron chi connectivity index (χ0n) is 24.6. The Morgan fingerprint density at radius 2 is 1.07 bits per heavy atom. The number of halogens is 4. The van der Waals surface area contributed by atoms with Gasteiger partial charge in [-0.3, -0.25) is 0 Å². The van der Waals surface area contributed by atoms with E-state index in [0.717, 1.165) is 23.2 Å². The number of nitrogens with one attached hydrogen (secondary N) is 1. The van der Waals surface area contributed by atoms with E-state index in [0.29, 0.717) is 85.0 Å². The molecule has 0 spiro atoms. The lowest BCUT2D eigenvalue weighted by atomic mass is 10.1. The van der Waals surface area contributed by atoms with Gasteiger partial charge >= 0.3 is 12.1 Å². The van der Waals surface area contributed by atoms with Gasteiger partial charge in [-0.25, -0.2) is 4.79 Å². The molecular formula is C30H41F3INO9. The first kappa shape index (κ1) is 38.1. The van der Waals surface area contributed by atoms with Crippen LogP contribution in [0.5, 0.6) is 0 Å². The van der Waals surface area contributed by atoms with Gasteiger partial charge in [-0.15, -0.1) is 0 Å². The maximum Gasteiger partial charge on any atom is 0.416 e. The molecule has 0 aromatic heterocycles. The molecule has 0 atom stereocenters. The number of alkyl halides is 4. The van der Waals surface area contributed by atoms with Gasteiger partial charge in [0.2, 0.25) is 0 Å². The van der Waals surface area contributed by atoms with Crippen LogP contribution in [0.15, 0.2) is 48.5 Å². The van der Waals surface area contributed by atoms with Gasteiger partial charge in [0, 0.05) is 10.1 Å². The highest BCUT2D eigenvalue weighted by molar-refractivity contribution is 14.1. The first-order valence-corrected chi connectivity index (χ1v) is 15.7. The molecule has 0 aliphatic heterocycles. The predicted octanol–water partition coefficient (Wildman–Crippen LogP) is 5.16. The normalized spacial score (nSPS) is 11.5. The summed E-state index contributed by atoms with van der Waals surface area (Å²) in [5.74, 6) is -0.623. The van der Waals surface area contributed by atoms with Crippen molar-refractivity contribution in [2.45, 2.75) is 6.18 Å². The summed E-state index contributed by atoms with van der Waals surface area (Å²) in [5.41, 5.74) is -0.0715. The van der Waals surface area contributed by atoms with Gasteiger partial charge in [0.15, 0.2) is 0 Å². The van der Waals surface area contributed by atoms with Crippen molar-refractivity contribution in [1.29, 1.82) is 0 Å². The van der Waals surface area contributed by atoms with Crippen LogP contribution >= 0.6 is 22.6 Å². The Morgan fingerprint density at radius 1 is 0.614 bits per heavy atom. The van der Waals surface area contributed by atoms with E-state index in [4.69, 9.17) is 37.9 Å². The summed E-state index contributed by atoms with van der Waals surface area (Å²) in [6, 6.07) is 11.1. The third-order valence-corrected chi connectivity index (χ3v) is 5.97. The van der Waals surface area contributed by atoms with Crippen molar-refractivity contribution < 1.29 is 55.9 Å².